The molecule has 0 heterocycles. The van der Waals surface area contributed by atoms with Crippen LogP contribution in [0.3, 0.4) is 0 Å². The van der Waals surface area contributed by atoms with E-state index >= 15 is 0 Å². The Morgan fingerprint density at radius 2 is 1.95 bits per heavy atom. The Labute approximate surface area is 117 Å². The normalized spacial score (nSPS) is 10.0. The van der Waals surface area contributed by atoms with E-state index in [1.165, 1.54) is 0 Å². The van der Waals surface area contributed by atoms with Gasteiger partial charge in [0.2, 0.25) is 0 Å². The molecule has 0 saturated carbocycles. The lowest BCUT2D eigenvalue weighted by Gasteiger charge is -2.09. The molecule has 0 bridgehead atoms. The molecule has 0 atom stereocenters. The smallest absolute Gasteiger partial charge is 0.410 e. The van der Waals surface area contributed by atoms with Gasteiger partial charge < -0.3 is 10.1 Å². The van der Waals surface area contributed by atoms with Crippen LogP contribution in [0.1, 0.15) is 11.1 Å². The maximum Gasteiger partial charge on any atom is 0.412 e. The van der Waals surface area contributed by atoms with Gasteiger partial charge >= 0.3 is 6.09 Å². The fraction of sp³-hybridized carbons (Fsp3) is 0.133. The molecule has 3 nitrogen and oxygen atoms in total. The van der Waals surface area contributed by atoms with Crippen LogP contribution < -0.4 is 10.1 Å². The third-order valence-corrected chi connectivity index (χ3v) is 2.85. The third-order valence-electron chi connectivity index (χ3n) is 2.62. The molecule has 0 fully saturated rings. The second kappa shape index (κ2) is 6.25. The predicted molar refractivity (Wildman–Crippen MR) is 75.5 cm³/mol. The highest BCUT2D eigenvalue weighted by atomic mass is 35.5. The minimum absolute atomic E-state index is 0.437. The first-order valence-corrected chi connectivity index (χ1v) is 6.29. The van der Waals surface area contributed by atoms with E-state index in [1.807, 2.05) is 37.3 Å². The van der Waals surface area contributed by atoms with E-state index < -0.39 is 6.09 Å². The lowest BCUT2D eigenvalue weighted by Crippen LogP contribution is -2.26. The van der Waals surface area contributed by atoms with Crippen molar-refractivity contribution in [1.82, 2.24) is 5.32 Å². The Morgan fingerprint density at radius 3 is 2.63 bits per heavy atom. The highest BCUT2D eigenvalue weighted by Crippen LogP contribution is 2.21. The summed E-state index contributed by atoms with van der Waals surface area (Å²) in [5.74, 6) is 0.509. The summed E-state index contributed by atoms with van der Waals surface area (Å²) in [5, 5.41) is 3.32. The van der Waals surface area contributed by atoms with Crippen molar-refractivity contribution in [3.8, 4) is 5.75 Å². The van der Waals surface area contributed by atoms with Crippen LogP contribution in [0.15, 0.2) is 48.5 Å². The van der Waals surface area contributed by atoms with Crippen LogP contribution in [0.4, 0.5) is 4.79 Å². The molecule has 2 aromatic rings. The average molecular weight is 276 g/mol. The van der Waals surface area contributed by atoms with Crippen molar-refractivity contribution in [3.05, 3.63) is 64.7 Å². The van der Waals surface area contributed by atoms with Crippen LogP contribution in [0.25, 0.3) is 0 Å². The topological polar surface area (TPSA) is 38.3 Å². The van der Waals surface area contributed by atoms with Crippen LogP contribution in [0.2, 0.25) is 5.02 Å². The highest BCUT2D eigenvalue weighted by Gasteiger charge is 2.06. The van der Waals surface area contributed by atoms with Gasteiger partial charge in [-0.25, -0.2) is 4.79 Å². The molecule has 0 aliphatic rings. The number of ether oxygens (including phenoxy) is 1. The van der Waals surface area contributed by atoms with Crippen LogP contribution in [-0.2, 0) is 6.54 Å². The second-order valence-corrected chi connectivity index (χ2v) is 4.57. The number of carbonyl (C=O) groups is 1. The highest BCUT2D eigenvalue weighted by molar-refractivity contribution is 6.30. The SMILES string of the molecule is Cc1cc(Cl)ccc1OC(=O)NCc1ccccc1. The van der Waals surface area contributed by atoms with Gasteiger partial charge in [-0.1, -0.05) is 41.9 Å². The molecule has 0 saturated heterocycles. The van der Waals surface area contributed by atoms with Gasteiger partial charge in [0, 0.05) is 11.6 Å². The fourth-order valence-electron chi connectivity index (χ4n) is 1.63. The molecule has 0 spiro atoms. The molecule has 2 rings (SSSR count). The molecule has 4 heteroatoms. The van der Waals surface area contributed by atoms with E-state index in [2.05, 4.69) is 5.32 Å². The minimum atomic E-state index is -0.478. The van der Waals surface area contributed by atoms with Gasteiger partial charge in [0.1, 0.15) is 5.75 Å². The Balaban J connectivity index is 1.91. The van der Waals surface area contributed by atoms with Gasteiger partial charge in [-0.3, -0.25) is 0 Å². The molecule has 1 N–H and O–H groups in total. The van der Waals surface area contributed by atoms with Crippen molar-refractivity contribution in [2.45, 2.75) is 13.5 Å². The Bertz CT molecular complexity index is 570. The molecule has 0 radical (unpaired) electrons. The molecule has 1 amide bonds. The number of halogens is 1. The molecule has 2 aromatic carbocycles. The van der Waals surface area contributed by atoms with Crippen molar-refractivity contribution in [1.29, 1.82) is 0 Å². The van der Waals surface area contributed by atoms with Crippen LogP contribution in [-0.4, -0.2) is 6.09 Å². The van der Waals surface area contributed by atoms with E-state index in [-0.39, 0.29) is 0 Å². The zero-order valence-corrected chi connectivity index (χ0v) is 11.3. The van der Waals surface area contributed by atoms with E-state index in [1.54, 1.807) is 18.2 Å². The number of nitrogens with one attached hydrogen (secondary N) is 1. The van der Waals surface area contributed by atoms with E-state index in [0.717, 1.165) is 11.1 Å². The summed E-state index contributed by atoms with van der Waals surface area (Å²) < 4.78 is 5.21. The van der Waals surface area contributed by atoms with Gasteiger partial charge in [0.25, 0.3) is 0 Å². The molecule has 98 valence electrons. The van der Waals surface area contributed by atoms with Crippen molar-refractivity contribution in [2.75, 3.05) is 0 Å². The number of hydrogen-bond donors (Lipinski definition) is 1. The molecular formula is C15H14ClNO2. The first-order chi connectivity index (χ1) is 9.15. The number of benzene rings is 2. The summed E-state index contributed by atoms with van der Waals surface area (Å²) in [6, 6.07) is 14.8. The molecule has 0 aliphatic heterocycles. The first-order valence-electron chi connectivity index (χ1n) is 5.91. The lowest BCUT2D eigenvalue weighted by atomic mass is 10.2. The van der Waals surface area contributed by atoms with Crippen LogP contribution >= 0.6 is 11.6 Å². The quantitative estimate of drug-likeness (QED) is 0.921. The Kier molecular flexibility index (Phi) is 4.42. The van der Waals surface area contributed by atoms with Gasteiger partial charge in [-0.15, -0.1) is 0 Å². The maximum atomic E-state index is 11.7. The number of amides is 1. The van der Waals surface area contributed by atoms with E-state index in [4.69, 9.17) is 16.3 Å². The van der Waals surface area contributed by atoms with Crippen molar-refractivity contribution in [3.63, 3.8) is 0 Å². The zero-order chi connectivity index (χ0) is 13.7. The lowest BCUT2D eigenvalue weighted by molar-refractivity contribution is 0.199. The van der Waals surface area contributed by atoms with Crippen LogP contribution in [0.5, 0.6) is 5.75 Å². The Hall–Kier alpha value is -2.00. The first kappa shape index (κ1) is 13.4. The maximum absolute atomic E-state index is 11.7. The molecule has 0 aliphatic carbocycles. The molecule has 0 aromatic heterocycles. The standard InChI is InChI=1S/C15H14ClNO2/c1-11-9-13(16)7-8-14(11)19-15(18)17-10-12-5-3-2-4-6-12/h2-9H,10H2,1H3,(H,17,18). The predicted octanol–water partition coefficient (Wildman–Crippen LogP) is 3.94. The molecule has 0 unspecified atom stereocenters. The summed E-state index contributed by atoms with van der Waals surface area (Å²) in [6.07, 6.45) is -0.478. The van der Waals surface area contributed by atoms with Gasteiger partial charge in [-0.05, 0) is 36.2 Å². The summed E-state index contributed by atoms with van der Waals surface area (Å²) in [7, 11) is 0. The monoisotopic (exact) mass is 275 g/mol. The van der Waals surface area contributed by atoms with E-state index in [9.17, 15) is 4.79 Å². The fourth-order valence-corrected chi connectivity index (χ4v) is 1.86. The average Bonchev–Trinajstić information content (AvgIpc) is 2.41. The number of rotatable bonds is 3. The number of aryl methyl sites for hydroxylation is 1. The second-order valence-electron chi connectivity index (χ2n) is 4.14. The summed E-state index contributed by atoms with van der Waals surface area (Å²) in [5.41, 5.74) is 1.84. The van der Waals surface area contributed by atoms with Gasteiger partial charge in [-0.2, -0.15) is 0 Å². The van der Waals surface area contributed by atoms with Crippen molar-refractivity contribution >= 4 is 17.7 Å². The van der Waals surface area contributed by atoms with E-state index in [0.29, 0.717) is 17.3 Å². The summed E-state index contributed by atoms with van der Waals surface area (Å²) >= 11 is 5.84. The third kappa shape index (κ3) is 4.00. The zero-order valence-electron chi connectivity index (χ0n) is 10.5. The number of carbonyl (C=O) groups excluding carboxylic acids is 1. The summed E-state index contributed by atoms with van der Waals surface area (Å²) in [6.45, 7) is 2.28. The van der Waals surface area contributed by atoms with Crippen molar-refractivity contribution in [2.24, 2.45) is 0 Å². The van der Waals surface area contributed by atoms with Gasteiger partial charge in [0.05, 0.1) is 0 Å². The summed E-state index contributed by atoms with van der Waals surface area (Å²) in [4.78, 5) is 11.7. The molecular weight excluding hydrogens is 262 g/mol. The Morgan fingerprint density at radius 1 is 1.21 bits per heavy atom. The number of hydrogen-bond acceptors (Lipinski definition) is 2. The largest absolute Gasteiger partial charge is 0.412 e. The van der Waals surface area contributed by atoms with Crippen molar-refractivity contribution < 1.29 is 9.53 Å². The van der Waals surface area contributed by atoms with Gasteiger partial charge in [0.15, 0.2) is 0 Å². The molecule has 19 heavy (non-hydrogen) atoms. The van der Waals surface area contributed by atoms with Crippen LogP contribution in [0, 0.1) is 6.92 Å². The minimum Gasteiger partial charge on any atom is -0.410 e.